The Hall–Kier alpha value is 0.778. The van der Waals surface area contributed by atoms with Gasteiger partial charge in [0.25, 0.3) is 0 Å². The molecule has 0 bridgehead atoms. The van der Waals surface area contributed by atoms with Crippen molar-refractivity contribution in [2.24, 2.45) is 0 Å². The number of rotatable bonds is 0. The fraction of sp³-hybridized carbons (Fsp3) is 1.00. The summed E-state index contributed by atoms with van der Waals surface area (Å²) in [6.45, 7) is 13.6. The molecule has 0 saturated heterocycles. The Labute approximate surface area is 79.0 Å². The SMILES string of the molecule is CC(C)(C)[N]([SbH2])C(C)(C)C. The average molecular weight is 252 g/mol. The molecule has 0 aliphatic heterocycles. The van der Waals surface area contributed by atoms with Gasteiger partial charge >= 0.3 is 79.0 Å². The monoisotopic (exact) mass is 251 g/mol. The van der Waals surface area contributed by atoms with Crippen molar-refractivity contribution in [1.29, 1.82) is 0 Å². The molecule has 0 rings (SSSR count). The first-order valence-electron chi connectivity index (χ1n) is 3.71. The summed E-state index contributed by atoms with van der Waals surface area (Å²) in [5.74, 6) is 0. The van der Waals surface area contributed by atoms with E-state index in [9.17, 15) is 0 Å². The van der Waals surface area contributed by atoms with E-state index in [1.807, 2.05) is 0 Å². The molecule has 0 fully saturated rings. The summed E-state index contributed by atoms with van der Waals surface area (Å²) in [5.41, 5.74) is 0.668. The molecule has 10 heavy (non-hydrogen) atoms. The van der Waals surface area contributed by atoms with E-state index in [-0.39, 0.29) is 0 Å². The predicted octanol–water partition coefficient (Wildman–Crippen LogP) is 1.43. The van der Waals surface area contributed by atoms with E-state index < -0.39 is 0 Å². The van der Waals surface area contributed by atoms with Crippen molar-refractivity contribution in [3.63, 3.8) is 0 Å². The van der Waals surface area contributed by atoms with Gasteiger partial charge in [0.15, 0.2) is 0 Å². The molecular formula is C8H20NSb. The molecule has 0 heterocycles. The van der Waals surface area contributed by atoms with Crippen LogP contribution in [-0.2, 0) is 0 Å². The zero-order valence-electron chi connectivity index (χ0n) is 8.02. The zero-order valence-corrected chi connectivity index (χ0v) is 11.3. The van der Waals surface area contributed by atoms with E-state index in [2.05, 4.69) is 44.6 Å². The van der Waals surface area contributed by atoms with E-state index in [4.69, 9.17) is 0 Å². The van der Waals surface area contributed by atoms with Gasteiger partial charge in [0.2, 0.25) is 0 Å². The van der Waals surface area contributed by atoms with Gasteiger partial charge in [0, 0.05) is 0 Å². The molecular weight excluding hydrogens is 232 g/mol. The van der Waals surface area contributed by atoms with Crippen molar-refractivity contribution in [1.82, 2.24) is 3.06 Å². The molecule has 0 aliphatic carbocycles. The Balaban J connectivity index is 4.23. The van der Waals surface area contributed by atoms with Crippen LogP contribution in [-0.4, -0.2) is 37.4 Å². The Morgan fingerprint density at radius 1 is 0.800 bits per heavy atom. The van der Waals surface area contributed by atoms with Crippen molar-refractivity contribution in [2.45, 2.75) is 52.6 Å². The van der Waals surface area contributed by atoms with Crippen LogP contribution in [0.3, 0.4) is 0 Å². The second kappa shape index (κ2) is 3.03. The van der Waals surface area contributed by atoms with Gasteiger partial charge in [-0.05, 0) is 0 Å². The second-order valence-electron chi connectivity index (χ2n) is 4.71. The molecule has 0 spiro atoms. The molecule has 0 atom stereocenters. The first-order chi connectivity index (χ1) is 4.15. The Morgan fingerprint density at radius 3 is 1.00 bits per heavy atom. The van der Waals surface area contributed by atoms with Gasteiger partial charge in [-0.2, -0.15) is 0 Å². The quantitative estimate of drug-likeness (QED) is 0.589. The molecule has 0 radical (unpaired) electrons. The summed E-state index contributed by atoms with van der Waals surface area (Å²) in [4.78, 5) is 0. The third-order valence-electron chi connectivity index (χ3n) is 1.45. The predicted molar refractivity (Wildman–Crippen MR) is 49.9 cm³/mol. The van der Waals surface area contributed by atoms with Crippen molar-refractivity contribution < 1.29 is 0 Å². The summed E-state index contributed by atoms with van der Waals surface area (Å²) in [5, 5.41) is 0. The van der Waals surface area contributed by atoms with Crippen LogP contribution in [0.5, 0.6) is 0 Å². The molecule has 0 saturated carbocycles. The van der Waals surface area contributed by atoms with Crippen LogP contribution in [0.25, 0.3) is 0 Å². The zero-order chi connectivity index (χ0) is 8.58. The Bertz CT molecular complexity index is 93.4. The van der Waals surface area contributed by atoms with E-state index in [1.165, 1.54) is 23.3 Å². The number of hydrogen-bond acceptors (Lipinski definition) is 1. The topological polar surface area (TPSA) is 3.24 Å². The normalized spacial score (nSPS) is 14.4. The molecule has 62 valence electrons. The van der Waals surface area contributed by atoms with E-state index in [1.54, 1.807) is 0 Å². The van der Waals surface area contributed by atoms with Crippen LogP contribution < -0.4 is 0 Å². The van der Waals surface area contributed by atoms with Gasteiger partial charge in [-0.25, -0.2) is 0 Å². The summed E-state index contributed by atoms with van der Waals surface area (Å²) in [6, 6.07) is 0. The third kappa shape index (κ3) is 3.25. The molecule has 0 aromatic rings. The van der Waals surface area contributed by atoms with Gasteiger partial charge in [-0.3, -0.25) is 0 Å². The molecule has 2 heteroatoms. The fourth-order valence-corrected chi connectivity index (χ4v) is 1.01. The number of nitrogens with zero attached hydrogens (tertiary/aromatic N) is 1. The molecule has 0 unspecified atom stereocenters. The van der Waals surface area contributed by atoms with Gasteiger partial charge in [0.05, 0.1) is 0 Å². The molecule has 0 aromatic heterocycles. The maximum atomic E-state index is 2.50. The average Bonchev–Trinajstić information content (AvgIpc) is 1.59. The molecule has 0 N–H and O–H groups in total. The van der Waals surface area contributed by atoms with E-state index in [0.29, 0.717) is 11.1 Å². The molecule has 0 aliphatic rings. The molecule has 0 amide bonds. The van der Waals surface area contributed by atoms with Crippen molar-refractivity contribution >= 4 is 23.3 Å². The van der Waals surface area contributed by atoms with E-state index in [0.717, 1.165) is 0 Å². The second-order valence-corrected chi connectivity index (χ2v) is 6.19. The molecule has 0 aromatic carbocycles. The number of hydrogen-bond donors (Lipinski definition) is 0. The van der Waals surface area contributed by atoms with Crippen LogP contribution in [0.4, 0.5) is 0 Å². The first kappa shape index (κ1) is 10.8. The summed E-state index contributed by atoms with van der Waals surface area (Å²) in [6.07, 6.45) is 0. The van der Waals surface area contributed by atoms with Crippen molar-refractivity contribution in [3.8, 4) is 0 Å². The van der Waals surface area contributed by atoms with Crippen LogP contribution in [0.1, 0.15) is 41.5 Å². The van der Waals surface area contributed by atoms with Gasteiger partial charge in [-0.15, -0.1) is 0 Å². The van der Waals surface area contributed by atoms with Crippen LogP contribution in [0.2, 0.25) is 0 Å². The van der Waals surface area contributed by atoms with E-state index >= 15 is 0 Å². The standard InChI is InChI=1S/C8H18N.Sb.2H/c1-7(2,3)9-8(4,5)6;;;/h1-6H3;;;/q-1;+1;;. The summed E-state index contributed by atoms with van der Waals surface area (Å²) < 4.78 is 2.50. The van der Waals surface area contributed by atoms with Crippen LogP contribution in [0.15, 0.2) is 0 Å². The van der Waals surface area contributed by atoms with Crippen LogP contribution in [0, 0.1) is 0 Å². The summed E-state index contributed by atoms with van der Waals surface area (Å²) in [7, 11) is 0. The fourth-order valence-electron chi connectivity index (χ4n) is 1.01. The Kier molecular flexibility index (Phi) is 3.26. The van der Waals surface area contributed by atoms with Gasteiger partial charge < -0.3 is 0 Å². The van der Waals surface area contributed by atoms with Gasteiger partial charge in [-0.1, -0.05) is 0 Å². The first-order valence-corrected chi connectivity index (χ1v) is 5.18. The minimum absolute atomic E-state index is 0.334. The van der Waals surface area contributed by atoms with Crippen LogP contribution >= 0.6 is 0 Å². The third-order valence-corrected chi connectivity index (χ3v) is 5.87. The van der Waals surface area contributed by atoms with Gasteiger partial charge in [0.1, 0.15) is 0 Å². The molecule has 1 nitrogen and oxygen atoms in total. The maximum absolute atomic E-state index is 2.50. The summed E-state index contributed by atoms with van der Waals surface area (Å²) >= 11 is 1.21. The van der Waals surface area contributed by atoms with Crippen molar-refractivity contribution in [2.75, 3.05) is 0 Å². The Morgan fingerprint density at radius 2 is 1.00 bits per heavy atom. The minimum atomic E-state index is 0.334. The van der Waals surface area contributed by atoms with Crippen molar-refractivity contribution in [3.05, 3.63) is 0 Å².